The fourth-order valence-corrected chi connectivity index (χ4v) is 3.61. The van der Waals surface area contributed by atoms with Crippen molar-refractivity contribution in [1.82, 2.24) is 13.9 Å². The Kier molecular flexibility index (Phi) is 3.73. The SMILES string of the molecule is CN(C)S(=O)(=O)c1ccc2c(c1)CCN2C(=O)c1nccn1C. The highest BCUT2D eigenvalue weighted by Crippen LogP contribution is 2.31. The van der Waals surface area contributed by atoms with Crippen LogP contribution in [0.1, 0.15) is 16.2 Å². The van der Waals surface area contributed by atoms with Crippen LogP contribution in [0, 0.1) is 0 Å². The van der Waals surface area contributed by atoms with E-state index in [4.69, 9.17) is 0 Å². The summed E-state index contributed by atoms with van der Waals surface area (Å²) in [4.78, 5) is 18.6. The lowest BCUT2D eigenvalue weighted by molar-refractivity contribution is 0.0976. The molecule has 0 spiro atoms. The molecular formula is C15H18N4O3S. The lowest BCUT2D eigenvalue weighted by atomic mass is 10.2. The lowest BCUT2D eigenvalue weighted by Crippen LogP contribution is -2.31. The first kappa shape index (κ1) is 15.7. The van der Waals surface area contributed by atoms with Gasteiger partial charge in [0, 0.05) is 45.8 Å². The van der Waals surface area contributed by atoms with Gasteiger partial charge in [-0.1, -0.05) is 0 Å². The van der Waals surface area contributed by atoms with Gasteiger partial charge in [-0.15, -0.1) is 0 Å². The van der Waals surface area contributed by atoms with Gasteiger partial charge in [-0.2, -0.15) is 0 Å². The average molecular weight is 334 g/mol. The van der Waals surface area contributed by atoms with E-state index in [1.165, 1.54) is 24.5 Å². The fourth-order valence-electron chi connectivity index (χ4n) is 2.65. The van der Waals surface area contributed by atoms with Gasteiger partial charge in [-0.05, 0) is 30.2 Å². The Morgan fingerprint density at radius 3 is 2.65 bits per heavy atom. The maximum absolute atomic E-state index is 12.6. The Labute approximate surface area is 135 Å². The molecule has 8 heteroatoms. The molecule has 1 aromatic heterocycles. The summed E-state index contributed by atoms with van der Waals surface area (Å²) in [6.45, 7) is 0.520. The molecule has 1 aromatic carbocycles. The van der Waals surface area contributed by atoms with Crippen LogP contribution in [0.15, 0.2) is 35.5 Å². The highest BCUT2D eigenvalue weighted by Gasteiger charge is 2.29. The van der Waals surface area contributed by atoms with Crippen LogP contribution in [0.25, 0.3) is 0 Å². The first-order chi connectivity index (χ1) is 10.8. The van der Waals surface area contributed by atoms with Crippen LogP contribution in [-0.4, -0.2) is 48.8 Å². The molecule has 1 aliphatic rings. The molecule has 1 amide bonds. The number of benzene rings is 1. The summed E-state index contributed by atoms with van der Waals surface area (Å²) < 4.78 is 27.3. The Bertz CT molecular complexity index is 871. The molecule has 3 rings (SSSR count). The van der Waals surface area contributed by atoms with Crippen LogP contribution in [0.2, 0.25) is 0 Å². The van der Waals surface area contributed by atoms with Crippen LogP contribution in [0.5, 0.6) is 0 Å². The van der Waals surface area contributed by atoms with E-state index in [0.717, 1.165) is 11.3 Å². The highest BCUT2D eigenvalue weighted by atomic mass is 32.2. The second-order valence-corrected chi connectivity index (χ2v) is 7.80. The summed E-state index contributed by atoms with van der Waals surface area (Å²) in [5.74, 6) is 0.183. The number of anilines is 1. The third kappa shape index (κ3) is 2.53. The molecule has 2 aromatic rings. The minimum Gasteiger partial charge on any atom is -0.330 e. The van der Waals surface area contributed by atoms with Crippen molar-refractivity contribution in [2.24, 2.45) is 7.05 Å². The minimum absolute atomic E-state index is 0.181. The smallest absolute Gasteiger partial charge is 0.294 e. The summed E-state index contributed by atoms with van der Waals surface area (Å²) in [6.07, 6.45) is 3.93. The van der Waals surface area contributed by atoms with Crippen molar-refractivity contribution >= 4 is 21.6 Å². The zero-order chi connectivity index (χ0) is 16.8. The first-order valence-corrected chi connectivity index (χ1v) is 8.61. The number of hydrogen-bond acceptors (Lipinski definition) is 4. The van der Waals surface area contributed by atoms with Gasteiger partial charge >= 0.3 is 0 Å². The largest absolute Gasteiger partial charge is 0.330 e. The number of nitrogens with zero attached hydrogens (tertiary/aromatic N) is 4. The molecule has 0 fully saturated rings. The molecule has 0 unspecified atom stereocenters. The quantitative estimate of drug-likeness (QED) is 0.835. The maximum Gasteiger partial charge on any atom is 0.294 e. The van der Waals surface area contributed by atoms with E-state index < -0.39 is 10.0 Å². The normalized spacial score (nSPS) is 14.3. The van der Waals surface area contributed by atoms with Crippen LogP contribution in [0.3, 0.4) is 0 Å². The summed E-state index contributed by atoms with van der Waals surface area (Å²) in [5, 5.41) is 0. The van der Waals surface area contributed by atoms with Crippen LogP contribution in [-0.2, 0) is 23.5 Å². The number of fused-ring (bicyclic) bond motifs is 1. The molecule has 0 atom stereocenters. The predicted molar refractivity (Wildman–Crippen MR) is 85.9 cm³/mol. The van der Waals surface area contributed by atoms with E-state index >= 15 is 0 Å². The van der Waals surface area contributed by atoms with Crippen molar-refractivity contribution in [2.75, 3.05) is 25.5 Å². The van der Waals surface area contributed by atoms with E-state index in [1.54, 1.807) is 41.0 Å². The van der Waals surface area contributed by atoms with Crippen LogP contribution < -0.4 is 4.90 Å². The number of rotatable bonds is 3. The Balaban J connectivity index is 1.96. The number of aromatic nitrogens is 2. The summed E-state index contributed by atoms with van der Waals surface area (Å²) >= 11 is 0. The third-order valence-corrected chi connectivity index (χ3v) is 5.79. The van der Waals surface area contributed by atoms with Gasteiger partial charge in [-0.25, -0.2) is 17.7 Å². The van der Waals surface area contributed by atoms with Gasteiger partial charge in [0.1, 0.15) is 0 Å². The van der Waals surface area contributed by atoms with E-state index in [0.29, 0.717) is 18.8 Å². The Morgan fingerprint density at radius 2 is 2.04 bits per heavy atom. The Hall–Kier alpha value is -2.19. The van der Waals surface area contributed by atoms with Gasteiger partial charge in [0.25, 0.3) is 5.91 Å². The topological polar surface area (TPSA) is 75.5 Å². The molecule has 0 saturated heterocycles. The van der Waals surface area contributed by atoms with Crippen LogP contribution in [0.4, 0.5) is 5.69 Å². The van der Waals surface area contributed by atoms with E-state index in [2.05, 4.69) is 4.98 Å². The number of aryl methyl sites for hydroxylation is 1. The van der Waals surface area contributed by atoms with Gasteiger partial charge in [0.15, 0.2) is 5.82 Å². The van der Waals surface area contributed by atoms with Gasteiger partial charge in [-0.3, -0.25) is 4.79 Å². The molecular weight excluding hydrogens is 316 g/mol. The van der Waals surface area contributed by atoms with Crippen LogP contribution >= 0.6 is 0 Å². The number of carbonyl (C=O) groups excluding carboxylic acids is 1. The van der Waals surface area contributed by atoms with Gasteiger partial charge in [0.2, 0.25) is 10.0 Å². The van der Waals surface area contributed by atoms with Crippen molar-refractivity contribution in [1.29, 1.82) is 0 Å². The Morgan fingerprint density at radius 1 is 1.30 bits per heavy atom. The number of sulfonamides is 1. The molecule has 0 aliphatic carbocycles. The highest BCUT2D eigenvalue weighted by molar-refractivity contribution is 7.89. The van der Waals surface area contributed by atoms with E-state index in [1.807, 2.05) is 0 Å². The summed E-state index contributed by atoms with van der Waals surface area (Å²) in [7, 11) is 1.29. The average Bonchev–Trinajstić information content (AvgIpc) is 3.11. The van der Waals surface area contributed by atoms with E-state index in [-0.39, 0.29) is 10.8 Å². The van der Waals surface area contributed by atoms with Crippen molar-refractivity contribution < 1.29 is 13.2 Å². The molecule has 122 valence electrons. The summed E-state index contributed by atoms with van der Waals surface area (Å²) in [5.41, 5.74) is 1.60. The molecule has 7 nitrogen and oxygen atoms in total. The standard InChI is InChI=1S/C15H18N4O3S/c1-17(2)23(21,22)12-4-5-13-11(10-12)6-8-19(13)15(20)14-16-7-9-18(14)3/h4-5,7,9-10H,6,8H2,1-3H3. The molecule has 0 N–H and O–H groups in total. The number of hydrogen-bond donors (Lipinski definition) is 0. The van der Waals surface area contributed by atoms with Crippen molar-refractivity contribution in [3.8, 4) is 0 Å². The first-order valence-electron chi connectivity index (χ1n) is 7.17. The second-order valence-electron chi connectivity index (χ2n) is 5.65. The zero-order valence-corrected chi connectivity index (χ0v) is 14.0. The maximum atomic E-state index is 12.6. The molecule has 0 radical (unpaired) electrons. The molecule has 0 bridgehead atoms. The van der Waals surface area contributed by atoms with Crippen molar-refractivity contribution in [3.05, 3.63) is 42.0 Å². The molecule has 1 aliphatic heterocycles. The molecule has 23 heavy (non-hydrogen) atoms. The number of carbonyl (C=O) groups is 1. The minimum atomic E-state index is -3.47. The predicted octanol–water partition coefficient (Wildman–Crippen LogP) is 0.873. The van der Waals surface area contributed by atoms with Crippen molar-refractivity contribution in [3.63, 3.8) is 0 Å². The molecule has 2 heterocycles. The second kappa shape index (κ2) is 5.47. The number of amides is 1. The monoisotopic (exact) mass is 334 g/mol. The molecule has 0 saturated carbocycles. The van der Waals surface area contributed by atoms with Crippen molar-refractivity contribution in [2.45, 2.75) is 11.3 Å². The van der Waals surface area contributed by atoms with Gasteiger partial charge < -0.3 is 9.47 Å². The number of imidazole rings is 1. The third-order valence-electron chi connectivity index (χ3n) is 3.98. The lowest BCUT2D eigenvalue weighted by Gasteiger charge is -2.17. The summed E-state index contributed by atoms with van der Waals surface area (Å²) in [6, 6.07) is 4.88. The zero-order valence-electron chi connectivity index (χ0n) is 13.2. The van der Waals surface area contributed by atoms with Gasteiger partial charge in [0.05, 0.1) is 4.90 Å². The fraction of sp³-hybridized carbons (Fsp3) is 0.333. The van der Waals surface area contributed by atoms with E-state index in [9.17, 15) is 13.2 Å².